The third kappa shape index (κ3) is 6.33. The highest BCUT2D eigenvalue weighted by Crippen LogP contribution is 2.51. The lowest BCUT2D eigenvalue weighted by Gasteiger charge is -2.32. The summed E-state index contributed by atoms with van der Waals surface area (Å²) < 4.78 is 9.21. The van der Waals surface area contributed by atoms with Crippen molar-refractivity contribution in [3.63, 3.8) is 0 Å². The van der Waals surface area contributed by atoms with Crippen molar-refractivity contribution in [1.29, 1.82) is 0 Å². The van der Waals surface area contributed by atoms with E-state index in [9.17, 15) is 0 Å². The lowest BCUT2D eigenvalue weighted by molar-refractivity contribution is 0.670. The fourth-order valence-electron chi connectivity index (χ4n) is 9.49. The van der Waals surface area contributed by atoms with Crippen LogP contribution in [0.1, 0.15) is 0 Å². The van der Waals surface area contributed by atoms with Gasteiger partial charge in [-0.3, -0.25) is 0 Å². The van der Waals surface area contributed by atoms with Crippen LogP contribution in [0.3, 0.4) is 0 Å². The van der Waals surface area contributed by atoms with Crippen molar-refractivity contribution >= 4 is 70.5 Å². The monoisotopic (exact) mass is 821 g/mol. The summed E-state index contributed by atoms with van der Waals surface area (Å²) in [6.45, 7) is 0. The Kier molecular flexibility index (Phi) is 9.06. The third-order valence-electron chi connectivity index (χ3n) is 12.3. The Hall–Kier alpha value is -7.98. The molecule has 0 bridgehead atoms. The largest absolute Gasteiger partial charge is 0.455 e. The Morgan fingerprint density at radius 2 is 0.873 bits per heavy atom. The van der Waals surface area contributed by atoms with Gasteiger partial charge in [-0.25, -0.2) is 0 Å². The molecule has 0 aliphatic heterocycles. The van der Waals surface area contributed by atoms with Crippen LogP contribution in [0.25, 0.3) is 97.7 Å². The summed E-state index contributed by atoms with van der Waals surface area (Å²) in [5.41, 5.74) is 16.5. The second kappa shape index (κ2) is 15.5. The number of furan rings is 1. The minimum atomic E-state index is 0.890. The van der Waals surface area contributed by atoms with E-state index in [-0.39, 0.29) is 0 Å². The molecule has 0 atom stereocenters. The summed E-state index contributed by atoms with van der Waals surface area (Å²) in [6, 6.07) is 85.5. The van der Waals surface area contributed by atoms with Crippen LogP contribution < -0.4 is 4.90 Å². The van der Waals surface area contributed by atoms with Gasteiger partial charge in [0.25, 0.3) is 0 Å². The van der Waals surface area contributed by atoms with Gasteiger partial charge in [-0.1, -0.05) is 200 Å². The molecule has 0 saturated heterocycles. The highest BCUT2D eigenvalue weighted by molar-refractivity contribution is 7.26. The average molecular weight is 822 g/mol. The molecule has 296 valence electrons. The standard InChI is InChI=1S/C60H39NOS/c1-3-19-40(20-4-1)44-25-7-8-29-50(44)58-45(41-21-5-2-6-22-41)30-18-36-55(58)61(43-24-15-23-42(39-43)46-31-16-32-51-48-27-10-13-37-56(48)62-59(46)51)54-35-12-9-26-47(54)52-33-17-34-53-49-28-11-14-38-57(49)63-60(52)53/h1-39H. The van der Waals surface area contributed by atoms with Crippen molar-refractivity contribution in [1.82, 2.24) is 0 Å². The van der Waals surface area contributed by atoms with E-state index in [2.05, 4.69) is 235 Å². The summed E-state index contributed by atoms with van der Waals surface area (Å²) in [5.74, 6) is 0. The van der Waals surface area contributed by atoms with Crippen molar-refractivity contribution in [2.45, 2.75) is 0 Å². The maximum absolute atomic E-state index is 6.63. The first kappa shape index (κ1) is 36.8. The number of anilines is 3. The molecule has 0 unspecified atom stereocenters. The zero-order valence-corrected chi connectivity index (χ0v) is 35.1. The second-order valence-corrected chi connectivity index (χ2v) is 17.0. The number of hydrogen-bond acceptors (Lipinski definition) is 3. The molecular weight excluding hydrogens is 783 g/mol. The highest BCUT2D eigenvalue weighted by atomic mass is 32.1. The van der Waals surface area contributed by atoms with Crippen LogP contribution in [0.2, 0.25) is 0 Å². The molecule has 3 heteroatoms. The van der Waals surface area contributed by atoms with Crippen LogP contribution >= 0.6 is 11.3 Å². The second-order valence-electron chi connectivity index (χ2n) is 15.9. The molecule has 2 aromatic heterocycles. The van der Waals surface area contributed by atoms with E-state index < -0.39 is 0 Å². The minimum absolute atomic E-state index is 0.890. The lowest BCUT2D eigenvalue weighted by atomic mass is 9.87. The van der Waals surface area contributed by atoms with E-state index in [1.54, 1.807) is 0 Å². The number of fused-ring (bicyclic) bond motifs is 6. The maximum Gasteiger partial charge on any atom is 0.143 e. The van der Waals surface area contributed by atoms with Gasteiger partial charge < -0.3 is 9.32 Å². The number of nitrogens with zero attached hydrogens (tertiary/aromatic N) is 1. The van der Waals surface area contributed by atoms with Gasteiger partial charge in [0.15, 0.2) is 0 Å². The number of thiophene rings is 1. The SMILES string of the molecule is c1ccc(-c2ccccc2-c2c(-c3ccccc3)cccc2N(c2cccc(-c3cccc4c3oc3ccccc34)c2)c2ccccc2-c2cccc3c2sc2ccccc23)cc1. The van der Waals surface area contributed by atoms with Crippen LogP contribution in [0.5, 0.6) is 0 Å². The van der Waals surface area contributed by atoms with Crippen molar-refractivity contribution < 1.29 is 4.42 Å². The van der Waals surface area contributed by atoms with Crippen LogP contribution in [0, 0.1) is 0 Å². The van der Waals surface area contributed by atoms with Crippen molar-refractivity contribution in [2.75, 3.05) is 4.90 Å². The molecule has 0 amide bonds. The molecule has 0 radical (unpaired) electrons. The van der Waals surface area contributed by atoms with Crippen LogP contribution in [0.15, 0.2) is 241 Å². The molecule has 0 spiro atoms. The Morgan fingerprint density at radius 1 is 0.333 bits per heavy atom. The smallest absolute Gasteiger partial charge is 0.143 e. The Balaban J connectivity index is 1.16. The normalized spacial score (nSPS) is 11.5. The molecule has 63 heavy (non-hydrogen) atoms. The first-order valence-corrected chi connectivity index (χ1v) is 22.2. The summed E-state index contributed by atoms with van der Waals surface area (Å²) in [6.07, 6.45) is 0. The van der Waals surface area contributed by atoms with Gasteiger partial charge in [0, 0.05) is 58.9 Å². The van der Waals surface area contributed by atoms with E-state index in [4.69, 9.17) is 4.42 Å². The van der Waals surface area contributed by atoms with E-state index in [1.165, 1.54) is 36.9 Å². The molecule has 2 nitrogen and oxygen atoms in total. The van der Waals surface area contributed by atoms with Crippen LogP contribution in [-0.2, 0) is 0 Å². The average Bonchev–Trinajstić information content (AvgIpc) is 3.94. The fourth-order valence-corrected chi connectivity index (χ4v) is 10.7. The van der Waals surface area contributed by atoms with Gasteiger partial charge in [0.1, 0.15) is 11.2 Å². The molecule has 0 fully saturated rings. The Morgan fingerprint density at radius 3 is 1.70 bits per heavy atom. The van der Waals surface area contributed by atoms with Gasteiger partial charge in [-0.05, 0) is 69.8 Å². The van der Waals surface area contributed by atoms with Gasteiger partial charge in [0.05, 0.1) is 11.4 Å². The van der Waals surface area contributed by atoms with Gasteiger partial charge >= 0.3 is 0 Å². The van der Waals surface area contributed by atoms with E-state index >= 15 is 0 Å². The van der Waals surface area contributed by atoms with Gasteiger partial charge in [-0.15, -0.1) is 11.3 Å². The van der Waals surface area contributed by atoms with E-state index in [0.717, 1.165) is 77.9 Å². The number of benzene rings is 10. The summed E-state index contributed by atoms with van der Waals surface area (Å²) in [4.78, 5) is 2.49. The first-order valence-electron chi connectivity index (χ1n) is 21.4. The lowest BCUT2D eigenvalue weighted by Crippen LogP contribution is -2.13. The zero-order valence-electron chi connectivity index (χ0n) is 34.3. The highest BCUT2D eigenvalue weighted by Gasteiger charge is 2.26. The number of rotatable bonds is 8. The molecule has 0 aliphatic rings. The number of para-hydroxylation sites is 3. The molecule has 0 aliphatic carbocycles. The molecule has 10 aromatic carbocycles. The quantitative estimate of drug-likeness (QED) is 0.152. The van der Waals surface area contributed by atoms with Crippen LogP contribution in [0.4, 0.5) is 17.1 Å². The topological polar surface area (TPSA) is 16.4 Å². The fraction of sp³-hybridized carbons (Fsp3) is 0. The molecule has 0 N–H and O–H groups in total. The van der Waals surface area contributed by atoms with Crippen LogP contribution in [-0.4, -0.2) is 0 Å². The molecule has 0 saturated carbocycles. The van der Waals surface area contributed by atoms with Gasteiger partial charge in [-0.2, -0.15) is 0 Å². The Bertz CT molecular complexity index is 3640. The predicted octanol–water partition coefficient (Wildman–Crippen LogP) is 17.8. The molecular formula is C60H39NOS. The number of hydrogen-bond donors (Lipinski definition) is 0. The molecule has 12 aromatic rings. The third-order valence-corrected chi connectivity index (χ3v) is 13.5. The molecule has 2 heterocycles. The van der Waals surface area contributed by atoms with Crippen molar-refractivity contribution in [2.24, 2.45) is 0 Å². The summed E-state index contributed by atoms with van der Waals surface area (Å²) in [7, 11) is 0. The van der Waals surface area contributed by atoms with Crippen molar-refractivity contribution in [3.8, 4) is 55.6 Å². The zero-order chi connectivity index (χ0) is 41.7. The minimum Gasteiger partial charge on any atom is -0.455 e. The van der Waals surface area contributed by atoms with Crippen molar-refractivity contribution in [3.05, 3.63) is 237 Å². The first-order chi connectivity index (χ1) is 31.3. The van der Waals surface area contributed by atoms with Gasteiger partial charge in [0.2, 0.25) is 0 Å². The predicted molar refractivity (Wildman–Crippen MR) is 268 cm³/mol. The Labute approximate surface area is 370 Å². The summed E-state index contributed by atoms with van der Waals surface area (Å²) in [5, 5.41) is 4.80. The van der Waals surface area contributed by atoms with E-state index in [1.807, 2.05) is 17.4 Å². The summed E-state index contributed by atoms with van der Waals surface area (Å²) >= 11 is 1.87. The molecule has 12 rings (SSSR count). The maximum atomic E-state index is 6.63. The van der Waals surface area contributed by atoms with E-state index in [0.29, 0.717) is 0 Å².